The molecule has 4 atom stereocenters. The lowest BCUT2D eigenvalue weighted by atomic mass is 9.43. The number of anilines is 1. The number of aromatic nitrogens is 4. The zero-order chi connectivity index (χ0) is 32.1. The summed E-state index contributed by atoms with van der Waals surface area (Å²) in [7, 11) is 0. The van der Waals surface area contributed by atoms with Crippen LogP contribution in [0.2, 0.25) is 0 Å². The van der Waals surface area contributed by atoms with Crippen LogP contribution in [0.4, 0.5) is 5.82 Å². The average molecular weight is 627 g/mol. The molecular weight excluding hydrogens is 584 g/mol. The summed E-state index contributed by atoms with van der Waals surface area (Å²) in [6.45, 7) is 5.66. The van der Waals surface area contributed by atoms with Gasteiger partial charge in [-0.2, -0.15) is 5.10 Å². The molecule has 0 radical (unpaired) electrons. The zero-order valence-corrected chi connectivity index (χ0v) is 26.4. The normalized spacial score (nSPS) is 25.7. The lowest BCUT2D eigenvalue weighted by Gasteiger charge is -2.65. The van der Waals surface area contributed by atoms with E-state index in [1.165, 1.54) is 6.33 Å². The van der Waals surface area contributed by atoms with Crippen LogP contribution in [-0.4, -0.2) is 78.8 Å². The van der Waals surface area contributed by atoms with Gasteiger partial charge >= 0.3 is 0 Å². The second-order valence-corrected chi connectivity index (χ2v) is 13.7. The number of amides is 1. The summed E-state index contributed by atoms with van der Waals surface area (Å²) >= 11 is 0. The van der Waals surface area contributed by atoms with Gasteiger partial charge in [0.2, 0.25) is 5.91 Å². The molecule has 0 unspecified atom stereocenters. The molecule has 46 heavy (non-hydrogen) atoms. The Labute approximate surface area is 268 Å². The molecule has 4 aliphatic rings. The van der Waals surface area contributed by atoms with Crippen molar-refractivity contribution in [2.24, 2.45) is 17.3 Å². The highest BCUT2D eigenvalue weighted by Crippen LogP contribution is 2.63. The van der Waals surface area contributed by atoms with Crippen molar-refractivity contribution in [1.29, 1.82) is 0 Å². The third-order valence-corrected chi connectivity index (χ3v) is 10.8. The second-order valence-electron chi connectivity index (χ2n) is 13.7. The number of nitrogen functional groups attached to an aromatic ring is 1. The van der Waals surface area contributed by atoms with E-state index < -0.39 is 11.7 Å². The smallest absolute Gasteiger partial charge is 0.248 e. The lowest BCUT2D eigenvalue weighted by Crippen LogP contribution is -2.67. The quantitative estimate of drug-likeness (QED) is 0.227. The first-order valence-corrected chi connectivity index (χ1v) is 16.2. The predicted molar refractivity (Wildman–Crippen MR) is 173 cm³/mol. The monoisotopic (exact) mass is 626 g/mol. The Bertz CT molecular complexity index is 1700. The van der Waals surface area contributed by atoms with E-state index in [2.05, 4.69) is 23.8 Å². The van der Waals surface area contributed by atoms with Gasteiger partial charge < -0.3 is 30.3 Å². The summed E-state index contributed by atoms with van der Waals surface area (Å²) in [6, 6.07) is 17.4. The second kappa shape index (κ2) is 11.9. The molecule has 1 saturated heterocycles. The first kappa shape index (κ1) is 30.6. The third-order valence-electron chi connectivity index (χ3n) is 10.8. The van der Waals surface area contributed by atoms with Crippen LogP contribution in [0.25, 0.3) is 22.3 Å². The summed E-state index contributed by atoms with van der Waals surface area (Å²) in [5.41, 5.74) is 7.47. The molecule has 2 aromatic carbocycles. The summed E-state index contributed by atoms with van der Waals surface area (Å²) in [5, 5.41) is 27.6. The van der Waals surface area contributed by atoms with Crippen LogP contribution in [0.3, 0.4) is 0 Å². The van der Waals surface area contributed by atoms with Crippen molar-refractivity contribution in [3.8, 4) is 22.8 Å². The summed E-state index contributed by atoms with van der Waals surface area (Å²) in [5.74, 6) is 2.28. The number of aliphatic hydroxyl groups excluding tert-OH is 1. The van der Waals surface area contributed by atoms with Crippen LogP contribution in [0.1, 0.15) is 52.0 Å². The van der Waals surface area contributed by atoms with Gasteiger partial charge in [0.1, 0.15) is 35.9 Å². The molecule has 242 valence electrons. The SMILES string of the molecule is CC1(C)[C@@H]2C[C@H]1[C@](O)(CCOCC(=O)N1CCC(n3nc(-c4ccc(Oc5ccccc5)cc4)c4c(N)ncnc43)CC1)[C@@H](O)C2. The van der Waals surface area contributed by atoms with E-state index >= 15 is 0 Å². The lowest BCUT2D eigenvalue weighted by molar-refractivity contribution is -0.258. The van der Waals surface area contributed by atoms with Crippen molar-refractivity contribution in [3.63, 3.8) is 0 Å². The van der Waals surface area contributed by atoms with Gasteiger partial charge in [0.15, 0.2) is 5.65 Å². The maximum absolute atomic E-state index is 13.0. The standard InChI is InChI=1S/C35H42N6O5/c1-34(2)23-18-27(34)35(44,28(42)19-23)14-17-45-20-29(43)40-15-12-24(13-16-40)41-33-30(32(36)37-21-38-33)31(39-41)22-8-10-26(11-9-22)46-25-6-4-3-5-7-25/h3-11,21,23-24,27-28,42,44H,12-20H2,1-2H3,(H2,36,37,38)/t23-,27-,28+,35-/m1/s1. The number of rotatable bonds is 9. The van der Waals surface area contributed by atoms with Gasteiger partial charge in [-0.1, -0.05) is 32.0 Å². The minimum absolute atomic E-state index is 0.0225. The number of benzene rings is 2. The topological polar surface area (TPSA) is 149 Å². The Kier molecular flexibility index (Phi) is 7.94. The molecule has 2 bridgehead atoms. The molecule has 11 heteroatoms. The zero-order valence-electron chi connectivity index (χ0n) is 26.4. The fourth-order valence-corrected chi connectivity index (χ4v) is 7.91. The van der Waals surface area contributed by atoms with Crippen LogP contribution < -0.4 is 10.5 Å². The number of carbonyl (C=O) groups excluding carboxylic acids is 1. The van der Waals surface area contributed by atoms with E-state index in [9.17, 15) is 15.0 Å². The number of fused-ring (bicyclic) bond motifs is 3. The van der Waals surface area contributed by atoms with E-state index in [0.29, 0.717) is 73.0 Å². The number of hydrogen-bond acceptors (Lipinski definition) is 9. The largest absolute Gasteiger partial charge is 0.457 e. The minimum Gasteiger partial charge on any atom is -0.457 e. The molecule has 3 saturated carbocycles. The number of nitrogens with two attached hydrogens (primary N) is 1. The molecule has 4 aromatic rings. The number of nitrogens with zero attached hydrogens (tertiary/aromatic N) is 5. The number of piperidine rings is 1. The van der Waals surface area contributed by atoms with E-state index in [1.807, 2.05) is 64.2 Å². The van der Waals surface area contributed by atoms with Crippen molar-refractivity contribution in [3.05, 3.63) is 60.9 Å². The average Bonchev–Trinajstić information content (AvgIpc) is 3.46. The summed E-state index contributed by atoms with van der Waals surface area (Å²) < 4.78 is 13.6. The number of hydrogen-bond donors (Lipinski definition) is 3. The van der Waals surface area contributed by atoms with Gasteiger partial charge in [-0.25, -0.2) is 14.6 Å². The van der Waals surface area contributed by atoms with Gasteiger partial charge in [-0.15, -0.1) is 0 Å². The van der Waals surface area contributed by atoms with Crippen LogP contribution in [0.15, 0.2) is 60.9 Å². The van der Waals surface area contributed by atoms with E-state index in [-0.39, 0.29) is 36.5 Å². The summed E-state index contributed by atoms with van der Waals surface area (Å²) in [4.78, 5) is 23.6. The Morgan fingerprint density at radius 2 is 1.74 bits per heavy atom. The van der Waals surface area contributed by atoms with Crippen LogP contribution in [0.5, 0.6) is 11.5 Å². The molecule has 1 amide bonds. The molecule has 0 spiro atoms. The maximum atomic E-state index is 13.0. The maximum Gasteiger partial charge on any atom is 0.248 e. The highest BCUT2D eigenvalue weighted by Gasteiger charge is 2.64. The van der Waals surface area contributed by atoms with Crippen molar-refractivity contribution in [2.45, 2.75) is 63.7 Å². The van der Waals surface area contributed by atoms with Crippen molar-refractivity contribution < 1.29 is 24.5 Å². The summed E-state index contributed by atoms with van der Waals surface area (Å²) in [6.07, 6.45) is 4.02. The molecule has 8 rings (SSSR count). The first-order valence-electron chi connectivity index (χ1n) is 16.2. The Morgan fingerprint density at radius 1 is 1.02 bits per heavy atom. The van der Waals surface area contributed by atoms with E-state index in [1.54, 1.807) is 0 Å². The van der Waals surface area contributed by atoms with Gasteiger partial charge in [0, 0.05) is 25.1 Å². The molecule has 3 aliphatic carbocycles. The van der Waals surface area contributed by atoms with Crippen molar-refractivity contribution >= 4 is 22.8 Å². The fraction of sp³-hybridized carbons (Fsp3) is 0.486. The number of aliphatic hydroxyl groups is 2. The molecule has 1 aliphatic heterocycles. The fourth-order valence-electron chi connectivity index (χ4n) is 7.91. The van der Waals surface area contributed by atoms with Crippen LogP contribution in [-0.2, 0) is 9.53 Å². The molecule has 11 nitrogen and oxygen atoms in total. The van der Waals surface area contributed by atoms with E-state index in [0.717, 1.165) is 17.7 Å². The van der Waals surface area contributed by atoms with Gasteiger partial charge in [-0.05, 0) is 79.3 Å². The highest BCUT2D eigenvalue weighted by molar-refractivity contribution is 5.98. The highest BCUT2D eigenvalue weighted by atomic mass is 16.5. The van der Waals surface area contributed by atoms with Gasteiger partial charge in [0.05, 0.1) is 29.7 Å². The van der Waals surface area contributed by atoms with Gasteiger partial charge in [0.25, 0.3) is 0 Å². The molecule has 4 fully saturated rings. The van der Waals surface area contributed by atoms with Crippen molar-refractivity contribution in [2.75, 3.05) is 32.0 Å². The number of para-hydroxylation sites is 1. The molecular formula is C35H42N6O5. The van der Waals surface area contributed by atoms with Gasteiger partial charge in [-0.3, -0.25) is 4.79 Å². The van der Waals surface area contributed by atoms with Crippen LogP contribution >= 0.6 is 0 Å². The molecule has 4 N–H and O–H groups in total. The number of ether oxygens (including phenoxy) is 2. The minimum atomic E-state index is -1.16. The van der Waals surface area contributed by atoms with E-state index in [4.69, 9.17) is 20.3 Å². The van der Waals surface area contributed by atoms with Crippen LogP contribution in [0, 0.1) is 17.3 Å². The Hall–Kier alpha value is -4.06. The molecule has 2 aromatic heterocycles. The molecule has 3 heterocycles. The van der Waals surface area contributed by atoms with Crippen molar-refractivity contribution in [1.82, 2.24) is 24.6 Å². The first-order chi connectivity index (χ1) is 22.1. The number of likely N-dealkylation sites (tertiary alicyclic amines) is 1. The third kappa shape index (κ3) is 5.40. The predicted octanol–water partition coefficient (Wildman–Crippen LogP) is 4.60. The number of carbonyl (C=O) groups is 1. The Morgan fingerprint density at radius 3 is 2.46 bits per heavy atom. The Balaban J connectivity index is 0.970.